The molecule has 0 aliphatic heterocycles. The molecule has 0 radical (unpaired) electrons. The predicted molar refractivity (Wildman–Crippen MR) is 166 cm³/mol. The van der Waals surface area contributed by atoms with Gasteiger partial charge in [-0.05, 0) is 54.0 Å². The van der Waals surface area contributed by atoms with Crippen LogP contribution in [0.4, 0.5) is 4.39 Å². The van der Waals surface area contributed by atoms with E-state index < -0.39 is 17.7 Å². The molecule has 0 bridgehead atoms. The molecule has 4 unspecified atom stereocenters. The Labute approximate surface area is 255 Å². The summed E-state index contributed by atoms with van der Waals surface area (Å²) >= 11 is 13.0. The van der Waals surface area contributed by atoms with Crippen LogP contribution in [-0.4, -0.2) is 38.9 Å². The molecule has 1 aromatic heterocycles. The molecule has 3 aromatic rings. The van der Waals surface area contributed by atoms with Gasteiger partial charge in [-0.2, -0.15) is 0 Å². The van der Waals surface area contributed by atoms with Crippen molar-refractivity contribution in [1.82, 2.24) is 15.3 Å². The van der Waals surface area contributed by atoms with Gasteiger partial charge in [0.1, 0.15) is 11.6 Å². The van der Waals surface area contributed by atoms with E-state index >= 15 is 4.39 Å². The smallest absolute Gasteiger partial charge is 0.335 e. The summed E-state index contributed by atoms with van der Waals surface area (Å²) in [6, 6.07) is 7.93. The molecule has 2 aromatic carbocycles. The van der Waals surface area contributed by atoms with Crippen LogP contribution in [-0.2, 0) is 4.79 Å². The van der Waals surface area contributed by atoms with Crippen LogP contribution >= 0.6 is 23.2 Å². The van der Waals surface area contributed by atoms with Crippen LogP contribution in [0.2, 0.25) is 5.02 Å². The number of aromatic nitrogens is 2. The Hall–Kier alpha value is -3.16. The van der Waals surface area contributed by atoms with Crippen molar-refractivity contribution in [3.63, 3.8) is 0 Å². The van der Waals surface area contributed by atoms with Crippen molar-refractivity contribution < 1.29 is 19.1 Å². The summed E-state index contributed by atoms with van der Waals surface area (Å²) in [6.07, 6.45) is 12.8. The number of allylic oxidation sites excluding steroid dienone is 4. The van der Waals surface area contributed by atoms with E-state index in [1.807, 2.05) is 32.1 Å². The number of aromatic carboxylic acids is 1. The summed E-state index contributed by atoms with van der Waals surface area (Å²) in [5, 5.41) is 12.4. The van der Waals surface area contributed by atoms with E-state index in [0.717, 1.165) is 56.1 Å². The van der Waals surface area contributed by atoms with Crippen LogP contribution in [0.5, 0.6) is 0 Å². The normalized spacial score (nSPS) is 21.8. The minimum absolute atomic E-state index is 0.00433. The number of nitrogens with zero attached hydrogens (tertiary/aromatic N) is 1. The topological polar surface area (TPSA) is 95.1 Å². The van der Waals surface area contributed by atoms with Crippen LogP contribution in [0.1, 0.15) is 91.5 Å². The molecule has 5 rings (SSSR count). The highest BCUT2D eigenvalue weighted by molar-refractivity contribution is 6.31. The van der Waals surface area contributed by atoms with Gasteiger partial charge in [-0.25, -0.2) is 14.2 Å². The lowest BCUT2D eigenvalue weighted by Crippen LogP contribution is -2.42. The average Bonchev–Trinajstić information content (AvgIpc) is 3.19. The second-order valence-corrected chi connectivity index (χ2v) is 12.5. The quantitative estimate of drug-likeness (QED) is 0.129. The zero-order valence-electron chi connectivity index (χ0n) is 23.7. The molecule has 3 N–H and O–H groups in total. The summed E-state index contributed by atoms with van der Waals surface area (Å²) in [4.78, 5) is 31.9. The Balaban J connectivity index is 1.67. The third kappa shape index (κ3) is 6.00. The highest BCUT2D eigenvalue weighted by Gasteiger charge is 2.38. The number of hydrogen-bond acceptors (Lipinski definition) is 3. The summed E-state index contributed by atoms with van der Waals surface area (Å²) in [5.41, 5.74) is 3.35. The molecule has 0 spiro atoms. The molecule has 6 nitrogen and oxygen atoms in total. The van der Waals surface area contributed by atoms with Gasteiger partial charge < -0.3 is 15.4 Å². The zero-order chi connectivity index (χ0) is 30.0. The van der Waals surface area contributed by atoms with E-state index in [0.29, 0.717) is 22.4 Å². The molecule has 1 saturated carbocycles. The molecule has 2 aliphatic carbocycles. The number of carboxylic acid groups (broad SMARTS) is 1. The van der Waals surface area contributed by atoms with Crippen molar-refractivity contribution in [3.05, 3.63) is 81.9 Å². The van der Waals surface area contributed by atoms with Gasteiger partial charge in [0.15, 0.2) is 0 Å². The van der Waals surface area contributed by atoms with Crippen LogP contribution in [0.15, 0.2) is 48.6 Å². The van der Waals surface area contributed by atoms with Crippen LogP contribution < -0.4 is 5.32 Å². The van der Waals surface area contributed by atoms with Gasteiger partial charge >= 0.3 is 5.97 Å². The number of carbonyl (C=O) groups excluding carboxylic acids is 1. The highest BCUT2D eigenvalue weighted by Crippen LogP contribution is 2.45. The zero-order valence-corrected chi connectivity index (χ0v) is 25.3. The molecule has 1 fully saturated rings. The van der Waals surface area contributed by atoms with Gasteiger partial charge in [0.2, 0.25) is 6.41 Å². The number of carboxylic acids is 1. The second kappa shape index (κ2) is 13.0. The third-order valence-electron chi connectivity index (χ3n) is 9.11. The van der Waals surface area contributed by atoms with E-state index in [1.54, 1.807) is 30.3 Å². The maximum atomic E-state index is 16.2. The maximum Gasteiger partial charge on any atom is 0.335 e. The Morgan fingerprint density at radius 1 is 1.19 bits per heavy atom. The number of amides is 1. The van der Waals surface area contributed by atoms with Crippen molar-refractivity contribution in [1.29, 1.82) is 0 Å². The van der Waals surface area contributed by atoms with Crippen LogP contribution in [0, 0.1) is 17.7 Å². The Morgan fingerprint density at radius 3 is 2.52 bits per heavy atom. The van der Waals surface area contributed by atoms with Crippen LogP contribution in [0.25, 0.3) is 16.6 Å². The number of nitrogens with one attached hydrogen (secondary N) is 2. The number of rotatable bonds is 9. The molecule has 5 atom stereocenters. The molecule has 0 saturated heterocycles. The van der Waals surface area contributed by atoms with E-state index in [4.69, 9.17) is 28.2 Å². The molecule has 1 heterocycles. The Bertz CT molecular complexity index is 1510. The van der Waals surface area contributed by atoms with Gasteiger partial charge in [-0.3, -0.25) is 4.79 Å². The van der Waals surface area contributed by atoms with E-state index in [9.17, 15) is 14.7 Å². The summed E-state index contributed by atoms with van der Waals surface area (Å²) in [6.45, 7) is 3.96. The first-order valence-electron chi connectivity index (χ1n) is 14.6. The van der Waals surface area contributed by atoms with Gasteiger partial charge in [0.25, 0.3) is 0 Å². The van der Waals surface area contributed by atoms with Crippen LogP contribution in [0.3, 0.4) is 0 Å². The standard InChI is InChI=1S/C33H36Cl2FN3O3/c1-18-23(10-7-11-24(18)34)32-38-26-16-25(35)29(36)28(31(26)39-32)19(2)27(20-12-14-22(15-13-20)33(41)42)30(37-17-40)21-8-5-3-4-6-9-21/h7,10-19,21,24,27,30H,3-6,8-9H2,1-2H3,(H,37,40)(H,38,39)(H,41,42)/t18?,19?,24-,27?,30?/m0/s1. The fourth-order valence-corrected chi connectivity index (χ4v) is 7.27. The monoisotopic (exact) mass is 611 g/mol. The number of benzene rings is 2. The van der Waals surface area contributed by atoms with Crippen molar-refractivity contribution >= 4 is 52.2 Å². The first-order valence-corrected chi connectivity index (χ1v) is 15.5. The molecule has 222 valence electrons. The van der Waals surface area contributed by atoms with Crippen molar-refractivity contribution in [3.8, 4) is 0 Å². The molecule has 9 heteroatoms. The minimum Gasteiger partial charge on any atom is -0.478 e. The minimum atomic E-state index is -1.02. The fraction of sp³-hybridized carbons (Fsp3) is 0.424. The lowest BCUT2D eigenvalue weighted by Gasteiger charge is -2.37. The van der Waals surface area contributed by atoms with Crippen molar-refractivity contribution in [2.24, 2.45) is 11.8 Å². The number of hydrogen-bond donors (Lipinski definition) is 3. The summed E-state index contributed by atoms with van der Waals surface area (Å²) in [5.74, 6) is -1.64. The molecule has 1 amide bonds. The van der Waals surface area contributed by atoms with Gasteiger partial charge in [0.05, 0.1) is 27.0 Å². The Morgan fingerprint density at radius 2 is 1.88 bits per heavy atom. The summed E-state index contributed by atoms with van der Waals surface area (Å²) < 4.78 is 16.2. The number of H-pyrrole nitrogens is 1. The van der Waals surface area contributed by atoms with Gasteiger partial charge in [0, 0.05) is 23.4 Å². The number of imidazole rings is 1. The summed E-state index contributed by atoms with van der Waals surface area (Å²) in [7, 11) is 0. The molecule has 42 heavy (non-hydrogen) atoms. The lowest BCUT2D eigenvalue weighted by molar-refractivity contribution is -0.110. The average molecular weight is 613 g/mol. The van der Waals surface area contributed by atoms with Crippen molar-refractivity contribution in [2.45, 2.75) is 75.6 Å². The number of alkyl halides is 1. The third-order valence-corrected chi connectivity index (χ3v) is 9.91. The lowest BCUT2D eigenvalue weighted by atomic mass is 9.72. The van der Waals surface area contributed by atoms with E-state index in [1.165, 1.54) is 0 Å². The molecular formula is C33H36Cl2FN3O3. The molecule has 2 aliphatic rings. The largest absolute Gasteiger partial charge is 0.478 e. The maximum absolute atomic E-state index is 16.2. The van der Waals surface area contributed by atoms with Gasteiger partial charge in [-0.1, -0.05) is 81.5 Å². The van der Waals surface area contributed by atoms with Gasteiger partial charge in [-0.15, -0.1) is 11.6 Å². The van der Waals surface area contributed by atoms with Crippen molar-refractivity contribution in [2.75, 3.05) is 0 Å². The first-order chi connectivity index (χ1) is 20.2. The highest BCUT2D eigenvalue weighted by atomic mass is 35.5. The molecular weight excluding hydrogens is 576 g/mol. The predicted octanol–water partition coefficient (Wildman–Crippen LogP) is 8.22. The van der Waals surface area contributed by atoms with E-state index in [2.05, 4.69) is 10.3 Å². The number of aromatic amines is 1. The van der Waals surface area contributed by atoms with E-state index in [-0.39, 0.29) is 39.8 Å². The second-order valence-electron chi connectivity index (χ2n) is 11.6. The first kappa shape index (κ1) is 30.3. The number of fused-ring (bicyclic) bond motifs is 1. The SMILES string of the molecule is CC(c1c(F)c(Cl)cc2[nH]c(C3=CC=C[C@H](Cl)C3C)nc12)C(c1ccc(C(=O)O)cc1)C(NC=O)C1CCCCCC1. The number of halogens is 3. The fourth-order valence-electron chi connectivity index (χ4n) is 6.84. The Kier molecular flexibility index (Phi) is 9.38. The number of carbonyl (C=O) groups is 2.